The minimum absolute atomic E-state index is 0.0242. The van der Waals surface area contributed by atoms with Gasteiger partial charge in [-0.2, -0.15) is 4.98 Å². The van der Waals surface area contributed by atoms with Gasteiger partial charge in [-0.25, -0.2) is 14.8 Å². The number of aromatic nitrogens is 4. The number of hydrogen-bond donors (Lipinski definition) is 2. The standard InChI is InChI=1S/C22H24N6O6/c1-33-11-3-2-4-15-24-19(23)18-20(25-15)27(22(32)26-18)12-13-5-7-14(8-6-13)21(31)34-28-16(29)9-10-17(28)30/h5-8H,2-4,9-12H2,1H3,(H,26,32)(H2,23,24,25). The number of carbonyl (C=O) groups excluding carboxylic acids is 3. The molecule has 3 aromatic rings. The van der Waals surface area contributed by atoms with E-state index in [0.717, 1.165) is 18.4 Å². The number of anilines is 1. The number of unbranched alkanes of at least 4 members (excludes halogenated alkanes) is 1. The quantitative estimate of drug-likeness (QED) is 0.346. The van der Waals surface area contributed by atoms with Crippen molar-refractivity contribution in [2.45, 2.75) is 38.6 Å². The van der Waals surface area contributed by atoms with Crippen molar-refractivity contribution in [3.63, 3.8) is 0 Å². The van der Waals surface area contributed by atoms with E-state index in [1.807, 2.05) is 0 Å². The van der Waals surface area contributed by atoms with Crippen molar-refractivity contribution in [2.24, 2.45) is 0 Å². The lowest BCUT2D eigenvalue weighted by molar-refractivity contribution is -0.172. The molecule has 1 fully saturated rings. The van der Waals surface area contributed by atoms with Gasteiger partial charge in [-0.1, -0.05) is 12.1 Å². The summed E-state index contributed by atoms with van der Waals surface area (Å²) in [4.78, 5) is 53.4. The largest absolute Gasteiger partial charge is 0.480 e. The Kier molecular flexibility index (Phi) is 6.68. The van der Waals surface area contributed by atoms with Crippen LogP contribution in [0.4, 0.5) is 5.82 Å². The first-order chi connectivity index (χ1) is 16.4. The normalized spacial score (nSPS) is 13.7. The molecule has 0 spiro atoms. The lowest BCUT2D eigenvalue weighted by atomic mass is 10.1. The van der Waals surface area contributed by atoms with Gasteiger partial charge in [-0.3, -0.25) is 14.2 Å². The van der Waals surface area contributed by atoms with Crippen molar-refractivity contribution in [2.75, 3.05) is 19.5 Å². The predicted octanol–water partition coefficient (Wildman–Crippen LogP) is 1.35. The van der Waals surface area contributed by atoms with E-state index in [9.17, 15) is 19.5 Å². The van der Waals surface area contributed by atoms with E-state index in [1.165, 1.54) is 16.7 Å². The molecule has 12 nitrogen and oxygen atoms in total. The van der Waals surface area contributed by atoms with Gasteiger partial charge in [0, 0.05) is 33.0 Å². The molecule has 3 N–H and O–H groups in total. The number of hydroxylamine groups is 2. The summed E-state index contributed by atoms with van der Waals surface area (Å²) in [6.07, 6.45) is 2.34. The molecular weight excluding hydrogens is 444 g/mol. The molecule has 0 atom stereocenters. The zero-order chi connectivity index (χ0) is 24.2. The first-order valence-corrected chi connectivity index (χ1v) is 10.7. The van der Waals surface area contributed by atoms with Crippen molar-refractivity contribution in [1.82, 2.24) is 24.6 Å². The molecule has 178 valence electrons. The number of imidazole rings is 1. The molecule has 4 rings (SSSR count). The average molecular weight is 468 g/mol. The maximum atomic E-state index is 12.3. The van der Waals surface area contributed by atoms with E-state index in [-0.39, 0.29) is 36.8 Å². The second-order valence-electron chi connectivity index (χ2n) is 7.80. The molecule has 0 unspecified atom stereocenters. The molecule has 1 aromatic carbocycles. The number of hydrogen-bond acceptors (Lipinski definition) is 10. The molecule has 1 aliphatic rings. The molecule has 2 amide bonds. The molecule has 2 aromatic heterocycles. The number of ether oxygens (including phenoxy) is 1. The van der Waals surface area contributed by atoms with Gasteiger partial charge in [0.2, 0.25) is 0 Å². The van der Waals surface area contributed by atoms with Gasteiger partial charge in [0.1, 0.15) is 5.82 Å². The van der Waals surface area contributed by atoms with Gasteiger partial charge >= 0.3 is 5.97 Å². The van der Waals surface area contributed by atoms with Gasteiger partial charge in [0.15, 0.2) is 17.0 Å². The molecule has 0 radical (unpaired) electrons. The third-order valence-corrected chi connectivity index (χ3v) is 5.36. The Morgan fingerprint density at radius 3 is 2.47 bits per heavy atom. The van der Waals surface area contributed by atoms with Crippen LogP contribution in [0, 0.1) is 0 Å². The predicted molar refractivity (Wildman–Crippen MR) is 118 cm³/mol. The van der Waals surface area contributed by atoms with Crippen LogP contribution in [0.1, 0.15) is 47.4 Å². The summed E-state index contributed by atoms with van der Waals surface area (Å²) >= 11 is 0. The third-order valence-electron chi connectivity index (χ3n) is 5.36. The summed E-state index contributed by atoms with van der Waals surface area (Å²) in [5.74, 6) is -1.17. The van der Waals surface area contributed by atoms with Crippen molar-refractivity contribution >= 4 is 34.8 Å². The number of nitrogens with two attached hydrogens (primary N) is 1. The topological polar surface area (TPSA) is 163 Å². The SMILES string of the molecule is COCCCCc1nc(N)c2nc(O)n(Cc3ccc(C(=O)ON4C(=O)CCC4=O)cc3)c2n1. The van der Waals surface area contributed by atoms with Crippen LogP contribution in [0.2, 0.25) is 0 Å². The summed E-state index contributed by atoms with van der Waals surface area (Å²) < 4.78 is 6.56. The molecular formula is C22H24N6O6. The Hall–Kier alpha value is -4.06. The molecule has 0 aliphatic carbocycles. The summed E-state index contributed by atoms with van der Waals surface area (Å²) in [7, 11) is 1.65. The fourth-order valence-corrected chi connectivity index (χ4v) is 3.57. The van der Waals surface area contributed by atoms with Crippen molar-refractivity contribution in [1.29, 1.82) is 0 Å². The fourth-order valence-electron chi connectivity index (χ4n) is 3.57. The maximum absolute atomic E-state index is 12.3. The summed E-state index contributed by atoms with van der Waals surface area (Å²) in [5.41, 5.74) is 7.65. The van der Waals surface area contributed by atoms with Crippen LogP contribution in [0.15, 0.2) is 24.3 Å². The highest BCUT2D eigenvalue weighted by molar-refractivity contribution is 6.02. The molecule has 1 saturated heterocycles. The maximum Gasteiger partial charge on any atom is 0.363 e. The van der Waals surface area contributed by atoms with Gasteiger partial charge in [0.05, 0.1) is 12.1 Å². The van der Waals surface area contributed by atoms with Gasteiger partial charge < -0.3 is 20.4 Å². The van der Waals surface area contributed by atoms with Crippen molar-refractivity contribution in [3.8, 4) is 6.01 Å². The Balaban J connectivity index is 1.50. The van der Waals surface area contributed by atoms with Crippen LogP contribution in [0.25, 0.3) is 11.2 Å². The van der Waals surface area contributed by atoms with Crippen molar-refractivity contribution in [3.05, 3.63) is 41.2 Å². The number of aromatic hydroxyl groups is 1. The van der Waals surface area contributed by atoms with Crippen molar-refractivity contribution < 1.29 is 29.1 Å². The van der Waals surface area contributed by atoms with Crippen LogP contribution in [-0.4, -0.2) is 61.2 Å². The lowest BCUT2D eigenvalue weighted by Gasteiger charge is -2.12. The Morgan fingerprint density at radius 1 is 1.09 bits per heavy atom. The van der Waals surface area contributed by atoms with Gasteiger partial charge in [-0.05, 0) is 30.5 Å². The molecule has 34 heavy (non-hydrogen) atoms. The zero-order valence-corrected chi connectivity index (χ0v) is 18.6. The highest BCUT2D eigenvalue weighted by atomic mass is 16.7. The number of nitrogens with zero attached hydrogens (tertiary/aromatic N) is 5. The molecule has 0 bridgehead atoms. The Morgan fingerprint density at radius 2 is 1.79 bits per heavy atom. The summed E-state index contributed by atoms with van der Waals surface area (Å²) in [6, 6.07) is 6.06. The van der Waals surface area contributed by atoms with Crippen LogP contribution in [0.3, 0.4) is 0 Å². The van der Waals surface area contributed by atoms with Gasteiger partial charge in [-0.15, -0.1) is 5.06 Å². The average Bonchev–Trinajstić information content (AvgIpc) is 3.31. The number of aryl methyl sites for hydroxylation is 1. The Bertz CT molecular complexity index is 1220. The monoisotopic (exact) mass is 468 g/mol. The lowest BCUT2D eigenvalue weighted by Crippen LogP contribution is -2.32. The van der Waals surface area contributed by atoms with Crippen LogP contribution < -0.4 is 5.73 Å². The molecule has 12 heteroatoms. The molecule has 1 aliphatic heterocycles. The van der Waals surface area contributed by atoms with Crippen LogP contribution in [0.5, 0.6) is 6.01 Å². The van der Waals surface area contributed by atoms with Crippen LogP contribution in [-0.2, 0) is 32.1 Å². The van der Waals surface area contributed by atoms with E-state index < -0.39 is 17.8 Å². The minimum atomic E-state index is -0.815. The number of rotatable bonds is 9. The number of nitrogen functional groups attached to an aromatic ring is 1. The van der Waals surface area contributed by atoms with E-state index >= 15 is 0 Å². The third kappa shape index (κ3) is 4.81. The van der Waals surface area contributed by atoms with Gasteiger partial charge in [0.25, 0.3) is 17.8 Å². The number of imide groups is 1. The highest BCUT2D eigenvalue weighted by Crippen LogP contribution is 2.24. The number of benzene rings is 1. The number of fused-ring (bicyclic) bond motifs is 1. The smallest absolute Gasteiger partial charge is 0.363 e. The summed E-state index contributed by atoms with van der Waals surface area (Å²) in [5, 5.41) is 10.9. The second kappa shape index (κ2) is 9.83. The highest BCUT2D eigenvalue weighted by Gasteiger charge is 2.33. The zero-order valence-electron chi connectivity index (χ0n) is 18.6. The number of carbonyl (C=O) groups is 3. The fraction of sp³-hybridized carbons (Fsp3) is 0.364. The van der Waals surface area contributed by atoms with E-state index in [1.54, 1.807) is 19.2 Å². The number of amides is 2. The summed E-state index contributed by atoms with van der Waals surface area (Å²) in [6.45, 7) is 0.852. The van der Waals surface area contributed by atoms with Crippen LogP contribution >= 0.6 is 0 Å². The van der Waals surface area contributed by atoms with E-state index in [2.05, 4.69) is 15.0 Å². The first-order valence-electron chi connectivity index (χ1n) is 10.7. The molecule has 3 heterocycles. The first kappa shape index (κ1) is 23.1. The van der Waals surface area contributed by atoms with E-state index in [4.69, 9.17) is 15.3 Å². The minimum Gasteiger partial charge on any atom is -0.480 e. The number of methoxy groups -OCH3 is 1. The van der Waals surface area contributed by atoms with E-state index in [0.29, 0.717) is 35.1 Å². The Labute approximate surface area is 194 Å². The second-order valence-corrected chi connectivity index (χ2v) is 7.80. The molecule has 0 saturated carbocycles.